The Labute approximate surface area is 253 Å². The number of nitrogens with one attached hydrogen (secondary N) is 1. The average molecular weight is 649 g/mol. The van der Waals surface area contributed by atoms with Crippen molar-refractivity contribution in [3.05, 3.63) is 45.7 Å². The summed E-state index contributed by atoms with van der Waals surface area (Å²) < 4.78 is 69.7. The molecule has 0 radical (unpaired) electrons. The maximum atomic E-state index is 13.9. The highest BCUT2D eigenvalue weighted by Crippen LogP contribution is 2.38. The van der Waals surface area contributed by atoms with Crippen LogP contribution in [-0.4, -0.2) is 77.6 Å². The second-order valence-corrected chi connectivity index (χ2v) is 14.6. The highest BCUT2D eigenvalue weighted by atomic mass is 35.5. The average Bonchev–Trinajstić information content (AvgIpc) is 3.27. The Balaban J connectivity index is 1.29. The normalized spacial score (nSPS) is 19.9. The third-order valence-corrected chi connectivity index (χ3v) is 10.6. The number of rotatable bonds is 9. The predicted molar refractivity (Wildman–Crippen MR) is 158 cm³/mol. The van der Waals surface area contributed by atoms with E-state index in [2.05, 4.69) is 24.7 Å². The van der Waals surface area contributed by atoms with Crippen molar-refractivity contribution in [1.82, 2.24) is 29.4 Å². The number of hydrogen-bond donors (Lipinski definition) is 1. The van der Waals surface area contributed by atoms with Crippen LogP contribution < -0.4 is 9.62 Å². The molecule has 1 N–H and O–H groups in total. The number of halogens is 5. The zero-order chi connectivity index (χ0) is 30.4. The van der Waals surface area contributed by atoms with E-state index < -0.39 is 33.2 Å². The van der Waals surface area contributed by atoms with Gasteiger partial charge in [-0.1, -0.05) is 29.3 Å². The minimum atomic E-state index is -4.70. The fraction of sp³-hybridized carbons (Fsp3) is 0.593. The van der Waals surface area contributed by atoms with Gasteiger partial charge in [-0.15, -0.1) is 0 Å². The highest BCUT2D eigenvalue weighted by molar-refractivity contribution is 7.90. The first kappa shape index (κ1) is 31.2. The number of hydrogen-bond acceptors (Lipinski definition) is 7. The number of fused-ring (bicyclic) bond motifs is 1. The predicted octanol–water partition coefficient (Wildman–Crippen LogP) is 5.24. The first-order valence-electron chi connectivity index (χ1n) is 14.0. The molecular formula is C27H34Cl2F3N7O2S. The molecule has 0 saturated carbocycles. The Bertz CT molecular complexity index is 1540. The zero-order valence-electron chi connectivity index (χ0n) is 23.6. The van der Waals surface area contributed by atoms with Crippen LogP contribution in [0.3, 0.4) is 0 Å². The summed E-state index contributed by atoms with van der Waals surface area (Å²) in [5.41, 5.74) is -0.798. The second-order valence-electron chi connectivity index (χ2n) is 11.4. The minimum Gasteiger partial charge on any atom is -0.355 e. The van der Waals surface area contributed by atoms with E-state index in [-0.39, 0.29) is 11.2 Å². The van der Waals surface area contributed by atoms with Gasteiger partial charge in [0.1, 0.15) is 11.3 Å². The number of benzene rings is 1. The quantitative estimate of drug-likeness (QED) is 0.339. The molecule has 2 aliphatic heterocycles. The lowest BCUT2D eigenvalue weighted by molar-refractivity contribution is -0.140. The topological polar surface area (TPSA) is 96.3 Å². The Kier molecular flexibility index (Phi) is 8.98. The van der Waals surface area contributed by atoms with E-state index in [1.807, 2.05) is 4.90 Å². The number of piperidine rings is 1. The summed E-state index contributed by atoms with van der Waals surface area (Å²) in [5, 5.41) is 4.17. The molecule has 9 nitrogen and oxygen atoms in total. The number of likely N-dealkylation sites (tertiary alicyclic amines) is 1. The Hall–Kier alpha value is -2.19. The Morgan fingerprint density at radius 3 is 2.52 bits per heavy atom. The summed E-state index contributed by atoms with van der Waals surface area (Å²) >= 11 is 12.4. The molecule has 0 bridgehead atoms. The van der Waals surface area contributed by atoms with Gasteiger partial charge in [-0.3, -0.25) is 0 Å². The van der Waals surface area contributed by atoms with Crippen LogP contribution in [0, 0.1) is 11.8 Å². The molecule has 0 amide bonds. The highest BCUT2D eigenvalue weighted by Gasteiger charge is 2.40. The fourth-order valence-electron chi connectivity index (χ4n) is 5.67. The molecule has 42 heavy (non-hydrogen) atoms. The van der Waals surface area contributed by atoms with Crippen LogP contribution in [0.15, 0.2) is 24.4 Å². The molecule has 0 aliphatic carbocycles. The molecule has 5 rings (SSSR count). The van der Waals surface area contributed by atoms with Crippen LogP contribution >= 0.6 is 23.2 Å². The number of anilines is 1. The molecule has 2 aromatic heterocycles. The van der Waals surface area contributed by atoms with Gasteiger partial charge in [0.05, 0.1) is 17.5 Å². The second kappa shape index (κ2) is 12.1. The first-order valence-corrected chi connectivity index (χ1v) is 16.3. The van der Waals surface area contributed by atoms with Gasteiger partial charge in [-0.05, 0) is 69.7 Å². The van der Waals surface area contributed by atoms with Gasteiger partial charge in [-0.25, -0.2) is 27.8 Å². The van der Waals surface area contributed by atoms with Crippen LogP contribution in [-0.2, 0) is 16.2 Å². The fourth-order valence-corrected chi connectivity index (χ4v) is 6.95. The van der Waals surface area contributed by atoms with Crippen molar-refractivity contribution in [2.24, 2.45) is 11.8 Å². The molecule has 0 spiro atoms. The van der Waals surface area contributed by atoms with E-state index in [0.717, 1.165) is 39.0 Å². The molecular weight excluding hydrogens is 614 g/mol. The molecule has 3 aromatic rings. The van der Waals surface area contributed by atoms with Crippen LogP contribution in [0.5, 0.6) is 0 Å². The van der Waals surface area contributed by atoms with Gasteiger partial charge in [0, 0.05) is 42.8 Å². The van der Waals surface area contributed by atoms with E-state index >= 15 is 0 Å². The maximum absolute atomic E-state index is 13.9. The number of alkyl halides is 3. The summed E-state index contributed by atoms with van der Waals surface area (Å²) in [6.07, 6.45) is -1.20. The van der Waals surface area contributed by atoms with E-state index in [1.54, 1.807) is 39.0 Å². The third-order valence-electron chi connectivity index (χ3n) is 8.23. The molecule has 2 aliphatic rings. The molecule has 230 valence electrons. The lowest BCUT2D eigenvalue weighted by Gasteiger charge is -2.47. The van der Waals surface area contributed by atoms with E-state index in [4.69, 9.17) is 23.2 Å². The SMILES string of the molecule is CC(C)S(=O)(=O)NCCN1CCCC(C2CN(c3cnc4c(C(F)(F)F)nn([C@H](C)c5ccc(Cl)cc5Cl)c4n3)C2)C1. The molecule has 2 fully saturated rings. The maximum Gasteiger partial charge on any atom is 0.437 e. The van der Waals surface area contributed by atoms with Gasteiger partial charge in [0.2, 0.25) is 10.0 Å². The van der Waals surface area contributed by atoms with E-state index in [9.17, 15) is 21.6 Å². The smallest absolute Gasteiger partial charge is 0.355 e. The van der Waals surface area contributed by atoms with Gasteiger partial charge >= 0.3 is 6.18 Å². The van der Waals surface area contributed by atoms with Crippen molar-refractivity contribution in [3.8, 4) is 0 Å². The number of sulfonamides is 1. The summed E-state index contributed by atoms with van der Waals surface area (Å²) in [6.45, 7) is 9.31. The van der Waals surface area contributed by atoms with Crippen molar-refractivity contribution >= 4 is 50.2 Å². The molecule has 2 saturated heterocycles. The van der Waals surface area contributed by atoms with Crippen LogP contribution in [0.1, 0.15) is 50.9 Å². The zero-order valence-corrected chi connectivity index (χ0v) is 25.9. The molecule has 2 atom stereocenters. The van der Waals surface area contributed by atoms with Crippen molar-refractivity contribution in [3.63, 3.8) is 0 Å². The molecule has 1 unspecified atom stereocenters. The minimum absolute atomic E-state index is 0.0366. The largest absolute Gasteiger partial charge is 0.437 e. The Morgan fingerprint density at radius 2 is 1.86 bits per heavy atom. The van der Waals surface area contributed by atoms with Crippen LogP contribution in [0.4, 0.5) is 19.0 Å². The molecule has 15 heteroatoms. The van der Waals surface area contributed by atoms with E-state index in [1.165, 1.54) is 10.9 Å². The van der Waals surface area contributed by atoms with Crippen molar-refractivity contribution in [2.45, 2.75) is 51.1 Å². The number of nitrogens with zero attached hydrogens (tertiary/aromatic N) is 6. The Morgan fingerprint density at radius 1 is 1.12 bits per heavy atom. The van der Waals surface area contributed by atoms with E-state index in [0.29, 0.717) is 46.4 Å². The third kappa shape index (κ3) is 6.50. The monoisotopic (exact) mass is 647 g/mol. The first-order chi connectivity index (χ1) is 19.7. The summed E-state index contributed by atoms with van der Waals surface area (Å²) in [5.74, 6) is 1.35. The van der Waals surface area contributed by atoms with Crippen LogP contribution in [0.2, 0.25) is 10.0 Å². The van der Waals surface area contributed by atoms with Crippen molar-refractivity contribution in [1.29, 1.82) is 0 Å². The van der Waals surface area contributed by atoms with Gasteiger partial charge < -0.3 is 9.80 Å². The number of aromatic nitrogens is 4. The van der Waals surface area contributed by atoms with Gasteiger partial charge in [-0.2, -0.15) is 18.3 Å². The van der Waals surface area contributed by atoms with Crippen molar-refractivity contribution in [2.75, 3.05) is 44.2 Å². The molecule has 1 aromatic carbocycles. The lowest BCUT2D eigenvalue weighted by Crippen LogP contribution is -2.54. The van der Waals surface area contributed by atoms with Crippen molar-refractivity contribution < 1.29 is 21.6 Å². The van der Waals surface area contributed by atoms with Gasteiger partial charge in [0.15, 0.2) is 11.3 Å². The van der Waals surface area contributed by atoms with Crippen LogP contribution in [0.25, 0.3) is 11.2 Å². The molecule has 4 heterocycles. The van der Waals surface area contributed by atoms with Gasteiger partial charge in [0.25, 0.3) is 0 Å². The lowest BCUT2D eigenvalue weighted by atomic mass is 9.80. The summed E-state index contributed by atoms with van der Waals surface area (Å²) in [7, 11) is -3.29. The summed E-state index contributed by atoms with van der Waals surface area (Å²) in [4.78, 5) is 13.1. The summed E-state index contributed by atoms with van der Waals surface area (Å²) in [6, 6.07) is 4.18. The standard InChI is InChI=1S/C27H34Cl2F3N7O2S/c1-16(2)42(40,41)34-8-10-37-9-4-5-18(13-37)19-14-38(15-19)23-12-33-24-25(27(30,31)32)36-39(26(24)35-23)17(3)21-7-6-20(28)11-22(21)29/h6-7,11-12,16-19,34H,4-5,8-10,13-15H2,1-3H3/t17-,18?/m1/s1.